The van der Waals surface area contributed by atoms with Crippen LogP contribution in [0.4, 0.5) is 5.00 Å². The van der Waals surface area contributed by atoms with E-state index in [1.165, 1.54) is 10.7 Å². The van der Waals surface area contributed by atoms with Gasteiger partial charge in [0.1, 0.15) is 0 Å². The summed E-state index contributed by atoms with van der Waals surface area (Å²) in [4.78, 5) is 21.2. The first-order valence-corrected chi connectivity index (χ1v) is 5.95. The molecule has 0 spiro atoms. The number of thiophene rings is 1. The number of rotatable bonds is 3. The Bertz CT molecular complexity index is 563. The molecule has 2 rings (SSSR count). The summed E-state index contributed by atoms with van der Waals surface area (Å²) >= 11 is 2.89. The molecule has 0 aliphatic carbocycles. The first-order valence-electron chi connectivity index (χ1n) is 4.06. The predicted octanol–water partition coefficient (Wildman–Crippen LogP) is 2.26. The molecule has 8 heteroatoms. The van der Waals surface area contributed by atoms with E-state index in [1.807, 2.05) is 0 Å². The number of nitro groups is 1. The molecule has 2 aromatic heterocycles. The predicted molar refractivity (Wildman–Crippen MR) is 66.2 cm³/mol. The molecule has 0 N–H and O–H groups in total. The molecule has 16 heavy (non-hydrogen) atoms. The summed E-state index contributed by atoms with van der Waals surface area (Å²) in [6.07, 6.45) is 3.84. The van der Waals surface area contributed by atoms with E-state index in [-0.39, 0.29) is 5.00 Å². The van der Waals surface area contributed by atoms with Gasteiger partial charge in [0.05, 0.1) is 19.6 Å². The van der Waals surface area contributed by atoms with Crippen molar-refractivity contribution >= 4 is 45.2 Å². The van der Waals surface area contributed by atoms with Gasteiger partial charge in [0.2, 0.25) is 0 Å². The normalized spacial score (nSPS) is 10.3. The third-order valence-corrected chi connectivity index (χ3v) is 3.35. The molecule has 0 atom stereocenters. The van der Waals surface area contributed by atoms with Crippen LogP contribution in [0.5, 0.6) is 0 Å². The van der Waals surface area contributed by atoms with Gasteiger partial charge < -0.3 is 0 Å². The lowest BCUT2D eigenvalue weighted by molar-refractivity contribution is -0.380. The standard InChI is InChI=1S/C8H4IN3O3S/c9-5-2-10-11(3-5)7-1-6(4-13)16-8(7)12(14)15/h1-4H. The number of carbonyl (C=O) groups is 1. The van der Waals surface area contributed by atoms with E-state index in [2.05, 4.69) is 27.7 Å². The van der Waals surface area contributed by atoms with Crippen molar-refractivity contribution in [2.45, 2.75) is 0 Å². The second kappa shape index (κ2) is 4.29. The zero-order chi connectivity index (χ0) is 11.7. The number of aromatic nitrogens is 2. The fourth-order valence-electron chi connectivity index (χ4n) is 1.18. The maximum atomic E-state index is 10.8. The average Bonchev–Trinajstić information content (AvgIpc) is 2.82. The monoisotopic (exact) mass is 349 g/mol. The zero-order valence-corrected chi connectivity index (χ0v) is 10.6. The van der Waals surface area contributed by atoms with E-state index < -0.39 is 4.92 Å². The van der Waals surface area contributed by atoms with E-state index in [4.69, 9.17) is 0 Å². The molecule has 82 valence electrons. The minimum Gasteiger partial charge on any atom is -0.297 e. The van der Waals surface area contributed by atoms with Crippen LogP contribution in [-0.4, -0.2) is 21.0 Å². The van der Waals surface area contributed by atoms with Gasteiger partial charge in [-0.3, -0.25) is 14.9 Å². The van der Waals surface area contributed by atoms with Crippen LogP contribution in [0, 0.1) is 13.7 Å². The Labute approximate surface area is 107 Å². The van der Waals surface area contributed by atoms with E-state index >= 15 is 0 Å². The average molecular weight is 349 g/mol. The van der Waals surface area contributed by atoms with Gasteiger partial charge in [-0.15, -0.1) is 0 Å². The van der Waals surface area contributed by atoms with E-state index in [0.29, 0.717) is 16.9 Å². The molecule has 0 saturated heterocycles. The first-order chi connectivity index (χ1) is 7.61. The molecule has 0 radical (unpaired) electrons. The maximum Gasteiger partial charge on any atom is 0.350 e. The summed E-state index contributed by atoms with van der Waals surface area (Å²) in [6, 6.07) is 1.46. The quantitative estimate of drug-likeness (QED) is 0.369. The fraction of sp³-hybridized carbons (Fsp3) is 0. The van der Waals surface area contributed by atoms with E-state index in [0.717, 1.165) is 14.9 Å². The highest BCUT2D eigenvalue weighted by Crippen LogP contribution is 2.32. The van der Waals surface area contributed by atoms with Crippen LogP contribution in [-0.2, 0) is 0 Å². The van der Waals surface area contributed by atoms with Crippen molar-refractivity contribution in [1.29, 1.82) is 0 Å². The Morgan fingerprint density at radius 1 is 1.62 bits per heavy atom. The topological polar surface area (TPSA) is 78.0 Å². The lowest BCUT2D eigenvalue weighted by Gasteiger charge is -1.95. The van der Waals surface area contributed by atoms with Crippen LogP contribution in [0.2, 0.25) is 0 Å². The van der Waals surface area contributed by atoms with Gasteiger partial charge in [0, 0.05) is 6.20 Å². The second-order valence-electron chi connectivity index (χ2n) is 2.82. The van der Waals surface area contributed by atoms with Gasteiger partial charge in [-0.25, -0.2) is 4.68 Å². The largest absolute Gasteiger partial charge is 0.350 e. The number of aldehydes is 1. The second-order valence-corrected chi connectivity index (χ2v) is 5.13. The molecule has 0 fully saturated rings. The van der Waals surface area contributed by atoms with Crippen LogP contribution in [0.3, 0.4) is 0 Å². The number of hydrogen-bond donors (Lipinski definition) is 0. The maximum absolute atomic E-state index is 10.8. The van der Waals surface area contributed by atoms with Crippen molar-refractivity contribution in [3.8, 4) is 5.69 Å². The molecule has 0 bridgehead atoms. The summed E-state index contributed by atoms with van der Waals surface area (Å²) in [5.74, 6) is 0. The zero-order valence-electron chi connectivity index (χ0n) is 7.66. The molecule has 2 aromatic rings. The van der Waals surface area contributed by atoms with Crippen molar-refractivity contribution in [3.05, 3.63) is 37.0 Å². The molecule has 0 aliphatic heterocycles. The number of hydrogen-bond acceptors (Lipinski definition) is 5. The lowest BCUT2D eigenvalue weighted by Crippen LogP contribution is -1.96. The highest BCUT2D eigenvalue weighted by molar-refractivity contribution is 14.1. The van der Waals surface area contributed by atoms with Crippen LogP contribution in [0.15, 0.2) is 18.5 Å². The molecule has 0 saturated carbocycles. The van der Waals surface area contributed by atoms with Gasteiger partial charge >= 0.3 is 5.00 Å². The van der Waals surface area contributed by atoms with Crippen LogP contribution in [0.1, 0.15) is 9.67 Å². The molecule has 0 amide bonds. The van der Waals surface area contributed by atoms with Gasteiger partial charge in [0.25, 0.3) is 0 Å². The number of halogens is 1. The fourth-order valence-corrected chi connectivity index (χ4v) is 2.34. The Kier molecular flexibility index (Phi) is 3.01. The van der Waals surface area contributed by atoms with E-state index in [1.54, 1.807) is 12.4 Å². The van der Waals surface area contributed by atoms with E-state index in [9.17, 15) is 14.9 Å². The molecule has 0 aliphatic rings. The summed E-state index contributed by atoms with van der Waals surface area (Å²) in [6.45, 7) is 0. The van der Waals surface area contributed by atoms with Gasteiger partial charge in [-0.2, -0.15) is 5.10 Å². The summed E-state index contributed by atoms with van der Waals surface area (Å²) in [7, 11) is 0. The lowest BCUT2D eigenvalue weighted by atomic mass is 10.4. The molecule has 0 aromatic carbocycles. The van der Waals surface area contributed by atoms with Crippen molar-refractivity contribution in [3.63, 3.8) is 0 Å². The summed E-state index contributed by atoms with van der Waals surface area (Å²) in [5, 5.41) is 14.7. The molecule has 0 unspecified atom stereocenters. The SMILES string of the molecule is O=Cc1cc(-n2cc(I)cn2)c([N+](=O)[O-])s1. The Balaban J connectivity index is 2.58. The van der Waals surface area contributed by atoms with Crippen LogP contribution in [0.25, 0.3) is 5.69 Å². The van der Waals surface area contributed by atoms with Crippen molar-refractivity contribution < 1.29 is 9.72 Å². The van der Waals surface area contributed by atoms with Crippen LogP contribution < -0.4 is 0 Å². The third-order valence-electron chi connectivity index (χ3n) is 1.79. The molecule has 2 heterocycles. The highest BCUT2D eigenvalue weighted by atomic mass is 127. The summed E-state index contributed by atoms with van der Waals surface area (Å²) < 4.78 is 2.26. The smallest absolute Gasteiger partial charge is 0.297 e. The highest BCUT2D eigenvalue weighted by Gasteiger charge is 2.21. The summed E-state index contributed by atoms with van der Waals surface area (Å²) in [5.41, 5.74) is 0.319. The molecule has 6 nitrogen and oxygen atoms in total. The van der Waals surface area contributed by atoms with Crippen molar-refractivity contribution in [1.82, 2.24) is 9.78 Å². The van der Waals surface area contributed by atoms with Gasteiger partial charge in [-0.1, -0.05) is 11.3 Å². The number of carbonyl (C=O) groups excluding carboxylic acids is 1. The minimum absolute atomic E-state index is 0.0819. The Hall–Kier alpha value is -1.29. The van der Waals surface area contributed by atoms with Gasteiger partial charge in [-0.05, 0) is 28.7 Å². The number of nitrogens with zero attached hydrogens (tertiary/aromatic N) is 3. The van der Waals surface area contributed by atoms with Gasteiger partial charge in [0.15, 0.2) is 12.0 Å². The Morgan fingerprint density at radius 3 is 2.88 bits per heavy atom. The molecular weight excluding hydrogens is 345 g/mol. The van der Waals surface area contributed by atoms with Crippen molar-refractivity contribution in [2.24, 2.45) is 0 Å². The third kappa shape index (κ3) is 1.97. The Morgan fingerprint density at radius 2 is 2.38 bits per heavy atom. The van der Waals surface area contributed by atoms with Crippen molar-refractivity contribution in [2.75, 3.05) is 0 Å². The van der Waals surface area contributed by atoms with Crippen LogP contribution >= 0.6 is 33.9 Å². The minimum atomic E-state index is -0.512. The first kappa shape index (κ1) is 11.2. The molecular formula is C8H4IN3O3S.